The molecule has 3 N–H and O–H groups in total. The van der Waals surface area contributed by atoms with Crippen LogP contribution in [0.4, 0.5) is 10.5 Å². The fourth-order valence-corrected chi connectivity index (χ4v) is 1.83. The van der Waals surface area contributed by atoms with E-state index in [1.54, 1.807) is 12.4 Å². The van der Waals surface area contributed by atoms with Crippen molar-refractivity contribution in [2.24, 2.45) is 0 Å². The van der Waals surface area contributed by atoms with Crippen molar-refractivity contribution >= 4 is 11.7 Å². The molecule has 0 fully saturated rings. The second-order valence-corrected chi connectivity index (χ2v) is 4.62. The molecule has 21 heavy (non-hydrogen) atoms. The van der Waals surface area contributed by atoms with Crippen LogP contribution < -0.4 is 16.0 Å². The molecule has 0 atom stereocenters. The van der Waals surface area contributed by atoms with Crippen molar-refractivity contribution < 1.29 is 4.79 Å². The lowest BCUT2D eigenvalue weighted by Gasteiger charge is -2.08. The highest BCUT2D eigenvalue weighted by Crippen LogP contribution is 2.04. The summed E-state index contributed by atoms with van der Waals surface area (Å²) in [6, 6.07) is 13.6. The van der Waals surface area contributed by atoms with Crippen molar-refractivity contribution in [1.29, 1.82) is 0 Å². The molecule has 0 aliphatic heterocycles. The Kier molecular flexibility index (Phi) is 6.06. The number of hydrogen-bond acceptors (Lipinski definition) is 3. The summed E-state index contributed by atoms with van der Waals surface area (Å²) in [5.74, 6) is 0. The Bertz CT molecular complexity index is 530. The van der Waals surface area contributed by atoms with Crippen molar-refractivity contribution in [2.45, 2.75) is 13.0 Å². The first kappa shape index (κ1) is 14.8. The highest BCUT2D eigenvalue weighted by atomic mass is 16.2. The predicted molar refractivity (Wildman–Crippen MR) is 84.0 cm³/mol. The van der Waals surface area contributed by atoms with E-state index in [4.69, 9.17) is 0 Å². The predicted octanol–water partition coefficient (Wildman–Crippen LogP) is 2.38. The number of carbonyl (C=O) groups excluding carboxylic acids is 1. The fraction of sp³-hybridized carbons (Fsp3) is 0.250. The van der Waals surface area contributed by atoms with Gasteiger partial charge in [-0.3, -0.25) is 4.98 Å². The van der Waals surface area contributed by atoms with E-state index in [1.807, 2.05) is 42.5 Å². The van der Waals surface area contributed by atoms with E-state index in [-0.39, 0.29) is 6.03 Å². The number of para-hydroxylation sites is 1. The van der Waals surface area contributed by atoms with Gasteiger partial charge in [-0.1, -0.05) is 24.3 Å². The summed E-state index contributed by atoms with van der Waals surface area (Å²) in [4.78, 5) is 15.6. The van der Waals surface area contributed by atoms with Gasteiger partial charge in [-0.15, -0.1) is 0 Å². The highest BCUT2D eigenvalue weighted by molar-refractivity contribution is 5.73. The SMILES string of the molecule is O=C(NCCCNc1ccccc1)NCc1cccnc1. The quantitative estimate of drug-likeness (QED) is 0.684. The van der Waals surface area contributed by atoms with Crippen molar-refractivity contribution in [3.8, 4) is 0 Å². The van der Waals surface area contributed by atoms with Crippen LogP contribution in [-0.2, 0) is 6.54 Å². The molecule has 1 heterocycles. The molecule has 2 amide bonds. The summed E-state index contributed by atoms with van der Waals surface area (Å²) >= 11 is 0. The fourth-order valence-electron chi connectivity index (χ4n) is 1.83. The molecule has 1 aromatic heterocycles. The van der Waals surface area contributed by atoms with E-state index in [1.165, 1.54) is 0 Å². The zero-order valence-corrected chi connectivity index (χ0v) is 11.9. The number of urea groups is 1. The number of nitrogens with zero attached hydrogens (tertiary/aromatic N) is 1. The van der Waals surface area contributed by atoms with E-state index < -0.39 is 0 Å². The van der Waals surface area contributed by atoms with Gasteiger partial charge in [0.05, 0.1) is 0 Å². The zero-order valence-electron chi connectivity index (χ0n) is 11.9. The number of benzene rings is 1. The van der Waals surface area contributed by atoms with Crippen LogP contribution in [-0.4, -0.2) is 24.1 Å². The summed E-state index contributed by atoms with van der Waals surface area (Å²) in [6.07, 6.45) is 4.32. The molecule has 5 nitrogen and oxygen atoms in total. The summed E-state index contributed by atoms with van der Waals surface area (Å²) in [5, 5.41) is 8.92. The number of hydrogen-bond donors (Lipinski definition) is 3. The van der Waals surface area contributed by atoms with Crippen LogP contribution in [0.1, 0.15) is 12.0 Å². The smallest absolute Gasteiger partial charge is 0.315 e. The molecule has 2 aromatic rings. The van der Waals surface area contributed by atoms with Gasteiger partial charge in [-0.05, 0) is 30.2 Å². The largest absolute Gasteiger partial charge is 0.385 e. The zero-order chi connectivity index (χ0) is 14.8. The molecule has 0 aliphatic carbocycles. The normalized spacial score (nSPS) is 9.90. The van der Waals surface area contributed by atoms with Crippen molar-refractivity contribution in [3.63, 3.8) is 0 Å². The van der Waals surface area contributed by atoms with Crippen LogP contribution in [0.5, 0.6) is 0 Å². The molecule has 0 saturated heterocycles. The number of aromatic nitrogens is 1. The molecule has 0 saturated carbocycles. The van der Waals surface area contributed by atoms with E-state index in [9.17, 15) is 4.79 Å². The van der Waals surface area contributed by atoms with Gasteiger partial charge < -0.3 is 16.0 Å². The first-order chi connectivity index (χ1) is 10.3. The van der Waals surface area contributed by atoms with Gasteiger partial charge in [0.25, 0.3) is 0 Å². The maximum absolute atomic E-state index is 11.6. The average molecular weight is 284 g/mol. The third kappa shape index (κ3) is 5.95. The van der Waals surface area contributed by atoms with Crippen LogP contribution in [0, 0.1) is 0 Å². The lowest BCUT2D eigenvalue weighted by Crippen LogP contribution is -2.36. The highest BCUT2D eigenvalue weighted by Gasteiger charge is 1.99. The van der Waals surface area contributed by atoms with Crippen LogP contribution in [0.25, 0.3) is 0 Å². The van der Waals surface area contributed by atoms with E-state index in [0.717, 1.165) is 24.2 Å². The van der Waals surface area contributed by atoms with E-state index in [2.05, 4.69) is 20.9 Å². The minimum absolute atomic E-state index is 0.154. The van der Waals surface area contributed by atoms with Gasteiger partial charge >= 0.3 is 6.03 Å². The number of anilines is 1. The Morgan fingerprint density at radius 1 is 1.00 bits per heavy atom. The molecule has 0 unspecified atom stereocenters. The van der Waals surface area contributed by atoms with Gasteiger partial charge in [0.2, 0.25) is 0 Å². The lowest BCUT2D eigenvalue weighted by atomic mass is 10.3. The Morgan fingerprint density at radius 2 is 1.86 bits per heavy atom. The molecular weight excluding hydrogens is 264 g/mol. The van der Waals surface area contributed by atoms with Crippen molar-refractivity contribution in [1.82, 2.24) is 15.6 Å². The Labute approximate surface area is 124 Å². The maximum Gasteiger partial charge on any atom is 0.315 e. The molecule has 110 valence electrons. The van der Waals surface area contributed by atoms with Gasteiger partial charge in [-0.2, -0.15) is 0 Å². The van der Waals surface area contributed by atoms with Gasteiger partial charge in [0.1, 0.15) is 0 Å². The first-order valence-electron chi connectivity index (χ1n) is 7.04. The monoisotopic (exact) mass is 284 g/mol. The Hall–Kier alpha value is -2.56. The van der Waals surface area contributed by atoms with Crippen LogP contribution in [0.3, 0.4) is 0 Å². The standard InChI is InChI=1S/C16H20N4O/c21-16(20-13-14-6-4-9-17-12-14)19-11-5-10-18-15-7-2-1-3-8-15/h1-4,6-9,12,18H,5,10-11,13H2,(H2,19,20,21). The minimum atomic E-state index is -0.154. The van der Waals surface area contributed by atoms with Crippen molar-refractivity contribution in [3.05, 3.63) is 60.4 Å². The Morgan fingerprint density at radius 3 is 2.62 bits per heavy atom. The molecule has 2 rings (SSSR count). The van der Waals surface area contributed by atoms with Gasteiger partial charge in [0.15, 0.2) is 0 Å². The first-order valence-corrected chi connectivity index (χ1v) is 7.04. The van der Waals surface area contributed by atoms with Gasteiger partial charge in [-0.25, -0.2) is 4.79 Å². The number of rotatable bonds is 7. The Balaban J connectivity index is 1.53. The third-order valence-electron chi connectivity index (χ3n) is 2.92. The van der Waals surface area contributed by atoms with E-state index in [0.29, 0.717) is 13.1 Å². The third-order valence-corrected chi connectivity index (χ3v) is 2.92. The minimum Gasteiger partial charge on any atom is -0.385 e. The molecule has 0 bridgehead atoms. The molecule has 0 radical (unpaired) electrons. The summed E-state index contributed by atoms with van der Waals surface area (Å²) in [6.45, 7) is 1.95. The van der Waals surface area contributed by atoms with Crippen LogP contribution >= 0.6 is 0 Å². The topological polar surface area (TPSA) is 66.1 Å². The van der Waals surface area contributed by atoms with Gasteiger partial charge in [0, 0.05) is 37.7 Å². The van der Waals surface area contributed by atoms with Crippen molar-refractivity contribution in [2.75, 3.05) is 18.4 Å². The second kappa shape index (κ2) is 8.58. The number of pyridine rings is 1. The molecule has 5 heteroatoms. The summed E-state index contributed by atoms with van der Waals surface area (Å²) in [7, 11) is 0. The molecular formula is C16H20N4O. The number of amides is 2. The molecule has 0 aliphatic rings. The average Bonchev–Trinajstić information content (AvgIpc) is 2.54. The summed E-state index contributed by atoms with van der Waals surface area (Å²) < 4.78 is 0. The number of nitrogens with one attached hydrogen (secondary N) is 3. The number of carbonyl (C=O) groups is 1. The van der Waals surface area contributed by atoms with Crippen LogP contribution in [0.2, 0.25) is 0 Å². The van der Waals surface area contributed by atoms with E-state index >= 15 is 0 Å². The second-order valence-electron chi connectivity index (χ2n) is 4.62. The van der Waals surface area contributed by atoms with Crippen LogP contribution in [0.15, 0.2) is 54.9 Å². The lowest BCUT2D eigenvalue weighted by molar-refractivity contribution is 0.240. The molecule has 1 aromatic carbocycles. The maximum atomic E-state index is 11.6. The molecule has 0 spiro atoms. The summed E-state index contributed by atoms with van der Waals surface area (Å²) in [5.41, 5.74) is 2.08.